The molecule has 0 spiro atoms. The summed E-state index contributed by atoms with van der Waals surface area (Å²) < 4.78 is 33.6. The molecular weight excluding hydrogens is 430 g/mol. The van der Waals surface area contributed by atoms with E-state index in [2.05, 4.69) is 10.4 Å². The zero-order valence-electron chi connectivity index (χ0n) is 18.7. The summed E-state index contributed by atoms with van der Waals surface area (Å²) in [5, 5.41) is 6.99. The smallest absolute Gasteiger partial charge is 0.411 e. The van der Waals surface area contributed by atoms with Crippen LogP contribution in [0.25, 0.3) is 11.3 Å². The van der Waals surface area contributed by atoms with Crippen LogP contribution in [0.1, 0.15) is 24.9 Å². The first kappa shape index (κ1) is 24.1. The fourth-order valence-corrected chi connectivity index (χ4v) is 3.28. The maximum Gasteiger partial charge on any atom is 0.411 e. The van der Waals surface area contributed by atoms with Gasteiger partial charge in [-0.2, -0.15) is 5.10 Å². The lowest BCUT2D eigenvalue weighted by Gasteiger charge is -2.16. The van der Waals surface area contributed by atoms with Crippen molar-refractivity contribution in [2.24, 2.45) is 0 Å². The molecule has 1 amide bonds. The first-order chi connectivity index (χ1) is 15.7. The Labute approximate surface area is 190 Å². The van der Waals surface area contributed by atoms with Crippen molar-refractivity contribution in [2.75, 3.05) is 32.6 Å². The van der Waals surface area contributed by atoms with E-state index < -0.39 is 23.8 Å². The van der Waals surface area contributed by atoms with Crippen LogP contribution in [0.3, 0.4) is 0 Å². The molecule has 0 saturated carbocycles. The van der Waals surface area contributed by atoms with Crippen molar-refractivity contribution in [1.82, 2.24) is 14.7 Å². The summed E-state index contributed by atoms with van der Waals surface area (Å²) in [7, 11) is 3.89. The Morgan fingerprint density at radius 3 is 2.55 bits per heavy atom. The van der Waals surface area contributed by atoms with Crippen molar-refractivity contribution >= 4 is 11.8 Å². The molecule has 7 nitrogen and oxygen atoms in total. The van der Waals surface area contributed by atoms with Crippen LogP contribution in [-0.2, 0) is 4.74 Å². The van der Waals surface area contributed by atoms with Gasteiger partial charge in [0, 0.05) is 29.9 Å². The van der Waals surface area contributed by atoms with E-state index in [1.54, 1.807) is 31.2 Å². The van der Waals surface area contributed by atoms with Gasteiger partial charge in [-0.3, -0.25) is 10.1 Å². The minimum Gasteiger partial charge on any atom is -0.449 e. The van der Waals surface area contributed by atoms with E-state index >= 15 is 0 Å². The first-order valence-corrected chi connectivity index (χ1v) is 10.5. The van der Waals surface area contributed by atoms with Gasteiger partial charge in [0.2, 0.25) is 0 Å². The highest BCUT2D eigenvalue weighted by Gasteiger charge is 2.14. The molecule has 1 aromatic heterocycles. The molecule has 0 radical (unpaired) electrons. The highest BCUT2D eigenvalue weighted by Crippen LogP contribution is 2.22. The SMILES string of the molecule is CC(c1cccc(NC(=O)OCCCN(C)C)c1)n1nc(-c2cc(F)cc(F)c2)ccc1=O. The van der Waals surface area contributed by atoms with E-state index in [0.29, 0.717) is 17.9 Å². The number of carbonyl (C=O) groups is 1. The van der Waals surface area contributed by atoms with Crippen LogP contribution < -0.4 is 10.9 Å². The minimum atomic E-state index is -0.732. The molecule has 1 unspecified atom stereocenters. The molecule has 0 bridgehead atoms. The maximum atomic E-state index is 13.6. The Hall–Kier alpha value is -3.59. The summed E-state index contributed by atoms with van der Waals surface area (Å²) in [5.41, 5.74) is 1.32. The van der Waals surface area contributed by atoms with Crippen LogP contribution in [0.15, 0.2) is 59.4 Å². The summed E-state index contributed by atoms with van der Waals surface area (Å²) in [6.07, 6.45) is 0.154. The Morgan fingerprint density at radius 2 is 1.85 bits per heavy atom. The van der Waals surface area contributed by atoms with Gasteiger partial charge in [-0.25, -0.2) is 18.3 Å². The number of rotatable bonds is 8. The van der Waals surface area contributed by atoms with Crippen molar-refractivity contribution < 1.29 is 18.3 Å². The highest BCUT2D eigenvalue weighted by molar-refractivity contribution is 5.84. The second-order valence-electron chi connectivity index (χ2n) is 7.88. The summed E-state index contributed by atoms with van der Waals surface area (Å²) >= 11 is 0. The van der Waals surface area contributed by atoms with E-state index in [9.17, 15) is 18.4 Å². The van der Waals surface area contributed by atoms with Gasteiger partial charge in [-0.05, 0) is 63.3 Å². The number of nitrogens with one attached hydrogen (secondary N) is 1. The number of amides is 1. The van der Waals surface area contributed by atoms with E-state index in [-0.39, 0.29) is 16.8 Å². The van der Waals surface area contributed by atoms with Gasteiger partial charge in [0.1, 0.15) is 11.6 Å². The number of anilines is 1. The molecule has 33 heavy (non-hydrogen) atoms. The number of hydrogen-bond acceptors (Lipinski definition) is 5. The molecule has 3 rings (SSSR count). The zero-order chi connectivity index (χ0) is 24.0. The van der Waals surface area contributed by atoms with Crippen molar-refractivity contribution in [1.29, 1.82) is 0 Å². The Kier molecular flexibility index (Phi) is 7.89. The quantitative estimate of drug-likeness (QED) is 0.512. The molecule has 0 aliphatic carbocycles. The number of halogens is 2. The van der Waals surface area contributed by atoms with Gasteiger partial charge in [0.25, 0.3) is 5.56 Å². The number of hydrogen-bond donors (Lipinski definition) is 1. The van der Waals surface area contributed by atoms with Gasteiger partial charge in [0.05, 0.1) is 18.3 Å². The Morgan fingerprint density at radius 1 is 1.12 bits per heavy atom. The zero-order valence-corrected chi connectivity index (χ0v) is 18.7. The van der Waals surface area contributed by atoms with Gasteiger partial charge in [-0.1, -0.05) is 12.1 Å². The molecule has 0 fully saturated rings. The van der Waals surface area contributed by atoms with E-state index in [4.69, 9.17) is 4.74 Å². The molecule has 9 heteroatoms. The largest absolute Gasteiger partial charge is 0.449 e. The van der Waals surface area contributed by atoms with E-state index in [0.717, 1.165) is 31.2 Å². The molecular formula is C24H26F2N4O3. The van der Waals surface area contributed by atoms with E-state index in [1.807, 2.05) is 19.0 Å². The first-order valence-electron chi connectivity index (χ1n) is 10.5. The third kappa shape index (κ3) is 6.69. The average molecular weight is 456 g/mol. The van der Waals surface area contributed by atoms with Crippen LogP contribution in [0.4, 0.5) is 19.3 Å². The molecule has 1 heterocycles. The van der Waals surface area contributed by atoms with Crippen molar-refractivity contribution in [3.8, 4) is 11.3 Å². The topological polar surface area (TPSA) is 76.5 Å². The third-order valence-corrected chi connectivity index (χ3v) is 4.95. The van der Waals surface area contributed by atoms with Crippen LogP contribution in [0.5, 0.6) is 0 Å². The molecule has 1 N–H and O–H groups in total. The van der Waals surface area contributed by atoms with Crippen molar-refractivity contribution in [3.05, 3.63) is 82.1 Å². The second-order valence-corrected chi connectivity index (χ2v) is 7.88. The molecule has 1 atom stereocenters. The fourth-order valence-electron chi connectivity index (χ4n) is 3.28. The maximum absolute atomic E-state index is 13.6. The lowest BCUT2D eigenvalue weighted by atomic mass is 10.1. The van der Waals surface area contributed by atoms with E-state index in [1.165, 1.54) is 16.8 Å². The summed E-state index contributed by atoms with van der Waals surface area (Å²) in [6, 6.07) is 12.2. The van der Waals surface area contributed by atoms with Gasteiger partial charge in [-0.15, -0.1) is 0 Å². The average Bonchev–Trinajstić information content (AvgIpc) is 2.76. The standard InChI is InChI=1S/C24H26F2N4O3/c1-16(17-6-4-7-21(14-17)27-24(32)33-11-5-10-29(2)3)30-23(31)9-8-22(28-30)18-12-19(25)15-20(26)13-18/h4,6-9,12-16H,5,10-11H2,1-3H3,(H,27,32). The molecule has 0 saturated heterocycles. The van der Waals surface area contributed by atoms with Gasteiger partial charge >= 0.3 is 6.09 Å². The van der Waals surface area contributed by atoms with Gasteiger partial charge in [0.15, 0.2) is 0 Å². The van der Waals surface area contributed by atoms with Gasteiger partial charge < -0.3 is 9.64 Å². The number of ether oxygens (including phenoxy) is 1. The summed E-state index contributed by atoms with van der Waals surface area (Å²) in [4.78, 5) is 26.5. The lowest BCUT2D eigenvalue weighted by Crippen LogP contribution is -2.26. The van der Waals surface area contributed by atoms with Crippen molar-refractivity contribution in [2.45, 2.75) is 19.4 Å². The number of aromatic nitrogens is 2. The minimum absolute atomic E-state index is 0.223. The molecule has 0 aliphatic rings. The predicted molar refractivity (Wildman–Crippen MR) is 122 cm³/mol. The van der Waals surface area contributed by atoms with Crippen molar-refractivity contribution in [3.63, 3.8) is 0 Å². The molecule has 2 aromatic carbocycles. The fraction of sp³-hybridized carbons (Fsp3) is 0.292. The molecule has 0 aliphatic heterocycles. The number of nitrogens with zero attached hydrogens (tertiary/aromatic N) is 3. The predicted octanol–water partition coefficient (Wildman–Crippen LogP) is 4.30. The number of carbonyl (C=O) groups excluding carboxylic acids is 1. The summed E-state index contributed by atoms with van der Waals surface area (Å²) in [6.45, 7) is 2.87. The van der Waals surface area contributed by atoms with Crippen LogP contribution in [0, 0.1) is 11.6 Å². The Balaban J connectivity index is 1.76. The summed E-state index contributed by atoms with van der Waals surface area (Å²) in [5.74, 6) is -1.46. The monoisotopic (exact) mass is 456 g/mol. The highest BCUT2D eigenvalue weighted by atomic mass is 19.1. The Bertz CT molecular complexity index is 1160. The third-order valence-electron chi connectivity index (χ3n) is 4.95. The number of benzene rings is 2. The van der Waals surface area contributed by atoms with Crippen LogP contribution >= 0.6 is 0 Å². The molecule has 174 valence electrons. The normalized spacial score (nSPS) is 11.9. The van der Waals surface area contributed by atoms with Crippen LogP contribution in [-0.4, -0.2) is 48.0 Å². The second kappa shape index (κ2) is 10.8. The molecule has 3 aromatic rings. The lowest BCUT2D eigenvalue weighted by molar-refractivity contribution is 0.156. The van der Waals surface area contributed by atoms with Crippen LogP contribution in [0.2, 0.25) is 0 Å².